The fourth-order valence-electron chi connectivity index (χ4n) is 3.58. The number of carbonyl (C=O) groups excluding carboxylic acids is 1. The number of carbonyl (C=O) groups is 1. The molecule has 1 aliphatic heterocycles. The summed E-state index contributed by atoms with van der Waals surface area (Å²) in [6.45, 7) is 2.11. The van der Waals surface area contributed by atoms with Gasteiger partial charge < -0.3 is 15.0 Å². The number of hydrogen-bond acceptors (Lipinski definition) is 2. The molecule has 1 aromatic carbocycles. The molecule has 1 amide bonds. The number of hydrogen-bond donors (Lipinski definition) is 2. The zero-order chi connectivity index (χ0) is 15.9. The molecule has 1 aromatic heterocycles. The molecular formula is C18H21ClN2O2. The first-order valence-electron chi connectivity index (χ1n) is 8.31. The van der Waals surface area contributed by atoms with Crippen molar-refractivity contribution >= 4 is 28.4 Å². The van der Waals surface area contributed by atoms with Gasteiger partial charge in [-0.15, -0.1) is 0 Å². The molecule has 122 valence electrons. The Morgan fingerprint density at radius 3 is 2.87 bits per heavy atom. The van der Waals surface area contributed by atoms with E-state index in [2.05, 4.69) is 16.5 Å². The average Bonchev–Trinajstić information content (AvgIpc) is 3.25. The molecule has 0 radical (unpaired) electrons. The predicted octanol–water partition coefficient (Wildman–Crippen LogP) is 3.40. The van der Waals surface area contributed by atoms with Crippen molar-refractivity contribution in [3.63, 3.8) is 0 Å². The Morgan fingerprint density at radius 2 is 2.13 bits per heavy atom. The summed E-state index contributed by atoms with van der Waals surface area (Å²) in [6.07, 6.45) is 5.97. The van der Waals surface area contributed by atoms with Gasteiger partial charge in [0.2, 0.25) is 5.91 Å². The van der Waals surface area contributed by atoms with Crippen molar-refractivity contribution in [1.29, 1.82) is 0 Å². The predicted molar refractivity (Wildman–Crippen MR) is 90.8 cm³/mol. The summed E-state index contributed by atoms with van der Waals surface area (Å²) < 4.78 is 5.33. The highest BCUT2D eigenvalue weighted by molar-refractivity contribution is 6.31. The Kier molecular flexibility index (Phi) is 3.82. The zero-order valence-electron chi connectivity index (χ0n) is 13.0. The molecule has 2 N–H and O–H groups in total. The first-order chi connectivity index (χ1) is 11.2. The van der Waals surface area contributed by atoms with E-state index in [9.17, 15) is 4.79 Å². The quantitative estimate of drug-likeness (QED) is 0.901. The number of H-pyrrole nitrogens is 1. The van der Waals surface area contributed by atoms with E-state index in [1.165, 1.54) is 10.9 Å². The lowest BCUT2D eigenvalue weighted by atomic mass is 9.94. The van der Waals surface area contributed by atoms with E-state index in [0.29, 0.717) is 19.8 Å². The number of halogens is 1. The third-order valence-electron chi connectivity index (χ3n) is 5.26. The Hall–Kier alpha value is -1.52. The van der Waals surface area contributed by atoms with Crippen LogP contribution in [0.25, 0.3) is 10.9 Å². The fourth-order valence-corrected chi connectivity index (χ4v) is 3.76. The maximum atomic E-state index is 12.4. The normalized spacial score (nSPS) is 20.6. The largest absolute Gasteiger partial charge is 0.381 e. The Bertz CT molecular complexity index is 730. The van der Waals surface area contributed by atoms with Crippen molar-refractivity contribution in [2.45, 2.75) is 31.1 Å². The summed E-state index contributed by atoms with van der Waals surface area (Å²) in [5.74, 6) is 0.286. The summed E-state index contributed by atoms with van der Waals surface area (Å²) >= 11 is 6.15. The van der Waals surface area contributed by atoms with Crippen molar-refractivity contribution in [3.05, 3.63) is 35.0 Å². The second kappa shape index (κ2) is 5.84. The minimum atomic E-state index is 0.0732. The number of benzene rings is 1. The van der Waals surface area contributed by atoms with Crippen LogP contribution < -0.4 is 5.32 Å². The van der Waals surface area contributed by atoms with E-state index in [0.717, 1.165) is 36.2 Å². The van der Waals surface area contributed by atoms with Crippen LogP contribution >= 0.6 is 11.6 Å². The van der Waals surface area contributed by atoms with Crippen LogP contribution in [0, 0.1) is 5.92 Å². The van der Waals surface area contributed by atoms with Crippen LogP contribution in [0.5, 0.6) is 0 Å². The highest BCUT2D eigenvalue weighted by Gasteiger charge is 2.46. The van der Waals surface area contributed by atoms with Gasteiger partial charge >= 0.3 is 0 Å². The molecule has 0 unspecified atom stereocenters. The fraction of sp³-hybridized carbons (Fsp3) is 0.500. The number of aromatic amines is 1. The molecule has 4 nitrogen and oxygen atoms in total. The Balaban J connectivity index is 1.49. The lowest BCUT2D eigenvalue weighted by Gasteiger charge is -2.23. The van der Waals surface area contributed by atoms with Crippen LogP contribution in [0.2, 0.25) is 5.02 Å². The second-order valence-electron chi connectivity index (χ2n) is 6.78. The van der Waals surface area contributed by atoms with E-state index < -0.39 is 0 Å². The van der Waals surface area contributed by atoms with Crippen LogP contribution in [0.15, 0.2) is 24.4 Å². The standard InChI is InChI=1S/C18H21ClN2O2/c19-13-1-2-16-14(9-13)15(10-20-16)18(5-6-18)11-21-17(22)12-3-7-23-8-4-12/h1-2,9-10,12,20H,3-8,11H2,(H,21,22). The molecular weight excluding hydrogens is 312 g/mol. The summed E-state index contributed by atoms with van der Waals surface area (Å²) in [7, 11) is 0. The number of aromatic nitrogens is 1. The van der Waals surface area contributed by atoms with Crippen LogP contribution in [0.4, 0.5) is 0 Å². The summed E-state index contributed by atoms with van der Waals surface area (Å²) in [5, 5.41) is 5.11. The molecule has 1 saturated carbocycles. The van der Waals surface area contributed by atoms with E-state index in [-0.39, 0.29) is 17.2 Å². The van der Waals surface area contributed by atoms with Crippen LogP contribution in [0.3, 0.4) is 0 Å². The van der Waals surface area contributed by atoms with E-state index >= 15 is 0 Å². The number of ether oxygens (including phenoxy) is 1. The lowest BCUT2D eigenvalue weighted by Crippen LogP contribution is -2.38. The molecule has 1 aliphatic carbocycles. The first-order valence-corrected chi connectivity index (χ1v) is 8.68. The molecule has 2 aromatic rings. The molecule has 0 spiro atoms. The van der Waals surface area contributed by atoms with Crippen molar-refractivity contribution < 1.29 is 9.53 Å². The van der Waals surface area contributed by atoms with Gasteiger partial charge in [-0.25, -0.2) is 0 Å². The lowest BCUT2D eigenvalue weighted by molar-refractivity contribution is -0.127. The summed E-state index contributed by atoms with van der Waals surface area (Å²) in [5.41, 5.74) is 2.46. The van der Waals surface area contributed by atoms with Gasteiger partial charge in [0.1, 0.15) is 0 Å². The molecule has 0 atom stereocenters. The number of fused-ring (bicyclic) bond motifs is 1. The summed E-state index contributed by atoms with van der Waals surface area (Å²) in [4.78, 5) is 15.7. The molecule has 4 rings (SSSR count). The minimum Gasteiger partial charge on any atom is -0.381 e. The van der Waals surface area contributed by atoms with Gasteiger partial charge in [-0.1, -0.05) is 11.6 Å². The Labute approximate surface area is 140 Å². The van der Waals surface area contributed by atoms with Gasteiger partial charge in [0.15, 0.2) is 0 Å². The van der Waals surface area contributed by atoms with Gasteiger partial charge in [0, 0.05) is 53.2 Å². The maximum absolute atomic E-state index is 12.4. The van der Waals surface area contributed by atoms with Crippen LogP contribution in [-0.4, -0.2) is 30.6 Å². The molecule has 0 bridgehead atoms. The Morgan fingerprint density at radius 1 is 1.35 bits per heavy atom. The molecule has 2 aliphatic rings. The van der Waals surface area contributed by atoms with E-state index in [1.54, 1.807) is 0 Å². The first kappa shape index (κ1) is 15.0. The van der Waals surface area contributed by atoms with Crippen molar-refractivity contribution in [2.24, 2.45) is 5.92 Å². The highest BCUT2D eigenvalue weighted by atomic mass is 35.5. The van der Waals surface area contributed by atoms with Gasteiger partial charge in [0.25, 0.3) is 0 Å². The van der Waals surface area contributed by atoms with Crippen LogP contribution in [-0.2, 0) is 14.9 Å². The van der Waals surface area contributed by atoms with Gasteiger partial charge in [-0.3, -0.25) is 4.79 Å². The molecule has 1 saturated heterocycles. The van der Waals surface area contributed by atoms with Crippen molar-refractivity contribution in [2.75, 3.05) is 19.8 Å². The van der Waals surface area contributed by atoms with Crippen molar-refractivity contribution in [3.8, 4) is 0 Å². The van der Waals surface area contributed by atoms with E-state index in [4.69, 9.17) is 16.3 Å². The van der Waals surface area contributed by atoms with Gasteiger partial charge in [-0.05, 0) is 49.4 Å². The smallest absolute Gasteiger partial charge is 0.223 e. The second-order valence-corrected chi connectivity index (χ2v) is 7.21. The number of nitrogens with one attached hydrogen (secondary N) is 2. The molecule has 2 fully saturated rings. The molecule has 23 heavy (non-hydrogen) atoms. The zero-order valence-corrected chi connectivity index (χ0v) is 13.8. The monoisotopic (exact) mass is 332 g/mol. The van der Waals surface area contributed by atoms with Crippen LogP contribution in [0.1, 0.15) is 31.2 Å². The minimum absolute atomic E-state index is 0.0732. The van der Waals surface area contributed by atoms with Gasteiger partial charge in [0.05, 0.1) is 0 Å². The van der Waals surface area contributed by atoms with E-state index in [1.807, 2.05) is 18.2 Å². The van der Waals surface area contributed by atoms with Crippen molar-refractivity contribution in [1.82, 2.24) is 10.3 Å². The average molecular weight is 333 g/mol. The number of rotatable bonds is 4. The highest BCUT2D eigenvalue weighted by Crippen LogP contribution is 2.50. The number of amides is 1. The summed E-state index contributed by atoms with van der Waals surface area (Å²) in [6, 6.07) is 5.93. The molecule has 5 heteroatoms. The third kappa shape index (κ3) is 2.86. The molecule has 2 heterocycles. The SMILES string of the molecule is O=C(NCC1(c2c[nH]c3ccc(Cl)cc23)CC1)C1CCOCC1. The topological polar surface area (TPSA) is 54.1 Å². The maximum Gasteiger partial charge on any atom is 0.223 e. The van der Waals surface area contributed by atoms with Gasteiger partial charge in [-0.2, -0.15) is 0 Å². The third-order valence-corrected chi connectivity index (χ3v) is 5.50.